The van der Waals surface area contributed by atoms with Crippen molar-refractivity contribution >= 4 is 5.69 Å². The van der Waals surface area contributed by atoms with Gasteiger partial charge in [0, 0.05) is 30.0 Å². The number of ether oxygens (including phenoxy) is 3. The summed E-state index contributed by atoms with van der Waals surface area (Å²) >= 11 is 0. The normalized spacial score (nSPS) is 14.1. The Bertz CT molecular complexity index is 1020. The van der Waals surface area contributed by atoms with Crippen LogP contribution < -0.4 is 24.4 Å². The zero-order chi connectivity index (χ0) is 22.3. The predicted octanol–water partition coefficient (Wildman–Crippen LogP) is 4.53. The number of methoxy groups -OCH3 is 3. The summed E-state index contributed by atoms with van der Waals surface area (Å²) in [5, 5.41) is 3.48. The third kappa shape index (κ3) is 4.97. The number of pyridine rings is 1. The van der Waals surface area contributed by atoms with Crippen molar-refractivity contribution in [3.05, 3.63) is 66.4 Å². The average molecular weight is 434 g/mol. The van der Waals surface area contributed by atoms with Gasteiger partial charge in [-0.2, -0.15) is 0 Å². The Morgan fingerprint density at radius 2 is 1.62 bits per heavy atom. The summed E-state index contributed by atoms with van der Waals surface area (Å²) in [4.78, 5) is 7.12. The van der Waals surface area contributed by atoms with Crippen LogP contribution in [0.25, 0.3) is 11.3 Å². The molecule has 1 N–H and O–H groups in total. The van der Waals surface area contributed by atoms with Crippen LogP contribution in [0.5, 0.6) is 17.2 Å². The van der Waals surface area contributed by atoms with Gasteiger partial charge in [-0.3, -0.25) is 4.98 Å². The van der Waals surface area contributed by atoms with E-state index in [0.717, 1.165) is 49.5 Å². The van der Waals surface area contributed by atoms with Crippen LogP contribution in [0.4, 0.5) is 5.69 Å². The third-order valence-corrected chi connectivity index (χ3v) is 6.01. The van der Waals surface area contributed by atoms with Crippen molar-refractivity contribution in [2.24, 2.45) is 0 Å². The lowest BCUT2D eigenvalue weighted by Crippen LogP contribution is -2.43. The van der Waals surface area contributed by atoms with Crippen LogP contribution >= 0.6 is 0 Å². The van der Waals surface area contributed by atoms with E-state index in [1.165, 1.54) is 11.3 Å². The van der Waals surface area contributed by atoms with Gasteiger partial charge in [-0.1, -0.05) is 0 Å². The second-order valence-corrected chi connectivity index (χ2v) is 7.93. The van der Waals surface area contributed by atoms with Gasteiger partial charge in [0.2, 0.25) is 0 Å². The lowest BCUT2D eigenvalue weighted by molar-refractivity contribution is 0.355. The molecule has 1 aliphatic rings. The number of piperidine rings is 1. The fourth-order valence-electron chi connectivity index (χ4n) is 4.25. The first-order chi connectivity index (χ1) is 15.7. The SMILES string of the molecule is COc1ccc(N(Cc2ccnc(-c3ccc(OC)c(OC)c3)c2)C2CCNCC2)cc1. The Morgan fingerprint density at radius 3 is 2.31 bits per heavy atom. The van der Waals surface area contributed by atoms with Gasteiger partial charge in [-0.15, -0.1) is 0 Å². The van der Waals surface area contributed by atoms with E-state index in [2.05, 4.69) is 39.5 Å². The molecular weight excluding hydrogens is 402 g/mol. The highest BCUT2D eigenvalue weighted by molar-refractivity contribution is 5.64. The zero-order valence-corrected chi connectivity index (χ0v) is 19.0. The van der Waals surface area contributed by atoms with E-state index >= 15 is 0 Å². The summed E-state index contributed by atoms with van der Waals surface area (Å²) in [5.41, 5.74) is 4.35. The molecule has 1 aromatic heterocycles. The van der Waals surface area contributed by atoms with Crippen molar-refractivity contribution in [2.45, 2.75) is 25.4 Å². The molecule has 2 heterocycles. The smallest absolute Gasteiger partial charge is 0.161 e. The molecule has 0 unspecified atom stereocenters. The Hall–Kier alpha value is -3.25. The molecule has 0 amide bonds. The maximum atomic E-state index is 5.47. The molecule has 1 fully saturated rings. The highest BCUT2D eigenvalue weighted by Crippen LogP contribution is 2.32. The minimum atomic E-state index is 0.488. The first-order valence-corrected chi connectivity index (χ1v) is 11.0. The van der Waals surface area contributed by atoms with Crippen LogP contribution in [-0.2, 0) is 6.54 Å². The molecule has 0 bridgehead atoms. The lowest BCUT2D eigenvalue weighted by atomic mass is 10.0. The van der Waals surface area contributed by atoms with Crippen LogP contribution in [0.2, 0.25) is 0 Å². The van der Waals surface area contributed by atoms with Crippen molar-refractivity contribution in [1.82, 2.24) is 10.3 Å². The number of anilines is 1. The van der Waals surface area contributed by atoms with Gasteiger partial charge in [0.1, 0.15) is 5.75 Å². The molecular formula is C26H31N3O3. The second kappa shape index (κ2) is 10.4. The molecule has 0 saturated carbocycles. The van der Waals surface area contributed by atoms with Crippen molar-refractivity contribution in [3.8, 4) is 28.5 Å². The molecule has 3 aromatic rings. The van der Waals surface area contributed by atoms with Gasteiger partial charge in [-0.25, -0.2) is 0 Å². The van der Waals surface area contributed by atoms with Gasteiger partial charge in [0.25, 0.3) is 0 Å². The molecule has 6 nitrogen and oxygen atoms in total. The van der Waals surface area contributed by atoms with Crippen LogP contribution in [-0.4, -0.2) is 45.4 Å². The van der Waals surface area contributed by atoms with Gasteiger partial charge >= 0.3 is 0 Å². The van der Waals surface area contributed by atoms with Crippen LogP contribution in [0.1, 0.15) is 18.4 Å². The Morgan fingerprint density at radius 1 is 0.875 bits per heavy atom. The number of hydrogen-bond donors (Lipinski definition) is 1. The van der Waals surface area contributed by atoms with Gasteiger partial charge in [0.05, 0.1) is 27.0 Å². The number of nitrogens with zero attached hydrogens (tertiary/aromatic N) is 2. The topological polar surface area (TPSA) is 55.9 Å². The van der Waals surface area contributed by atoms with E-state index in [-0.39, 0.29) is 0 Å². The highest BCUT2D eigenvalue weighted by Gasteiger charge is 2.22. The van der Waals surface area contributed by atoms with E-state index < -0.39 is 0 Å². The lowest BCUT2D eigenvalue weighted by Gasteiger charge is -2.36. The first-order valence-electron chi connectivity index (χ1n) is 11.0. The van der Waals surface area contributed by atoms with Crippen LogP contribution in [0.3, 0.4) is 0 Å². The van der Waals surface area contributed by atoms with Crippen molar-refractivity contribution in [3.63, 3.8) is 0 Å². The standard InChI is InChI=1S/C26H31N3O3/c1-30-23-7-5-21(6-8-23)29(22-11-13-27-14-12-22)18-19-10-15-28-24(16-19)20-4-9-25(31-2)26(17-20)32-3/h4-10,15-17,22,27H,11-14,18H2,1-3H3. The number of rotatable bonds is 8. The van der Waals surface area contributed by atoms with E-state index in [1.54, 1.807) is 21.3 Å². The Kier molecular flexibility index (Phi) is 7.12. The number of nitrogens with one attached hydrogen (secondary N) is 1. The maximum absolute atomic E-state index is 5.47. The van der Waals surface area contributed by atoms with E-state index in [1.807, 2.05) is 36.5 Å². The van der Waals surface area contributed by atoms with E-state index in [0.29, 0.717) is 17.5 Å². The summed E-state index contributed by atoms with van der Waals surface area (Å²) in [7, 11) is 4.99. The van der Waals surface area contributed by atoms with Crippen molar-refractivity contribution < 1.29 is 14.2 Å². The molecule has 0 atom stereocenters. The fourth-order valence-corrected chi connectivity index (χ4v) is 4.25. The van der Waals surface area contributed by atoms with E-state index in [4.69, 9.17) is 14.2 Å². The molecule has 32 heavy (non-hydrogen) atoms. The van der Waals surface area contributed by atoms with Gasteiger partial charge in [0.15, 0.2) is 11.5 Å². The Labute approximate surface area is 190 Å². The number of hydrogen-bond acceptors (Lipinski definition) is 6. The maximum Gasteiger partial charge on any atom is 0.161 e. The summed E-state index contributed by atoms with van der Waals surface area (Å²) in [6.45, 7) is 2.91. The van der Waals surface area contributed by atoms with Crippen LogP contribution in [0, 0.1) is 0 Å². The minimum absolute atomic E-state index is 0.488. The molecule has 4 rings (SSSR count). The average Bonchev–Trinajstić information content (AvgIpc) is 2.87. The van der Waals surface area contributed by atoms with Gasteiger partial charge < -0.3 is 24.4 Å². The molecule has 168 valence electrons. The van der Waals surface area contributed by atoms with Gasteiger partial charge in [-0.05, 0) is 86.1 Å². The third-order valence-electron chi connectivity index (χ3n) is 6.01. The predicted molar refractivity (Wildman–Crippen MR) is 128 cm³/mol. The van der Waals surface area contributed by atoms with Crippen molar-refractivity contribution in [1.29, 1.82) is 0 Å². The summed E-state index contributed by atoms with van der Waals surface area (Å²) < 4.78 is 16.2. The molecule has 6 heteroatoms. The molecule has 0 radical (unpaired) electrons. The van der Waals surface area contributed by atoms with Crippen molar-refractivity contribution in [2.75, 3.05) is 39.3 Å². The largest absolute Gasteiger partial charge is 0.497 e. The Balaban J connectivity index is 1.62. The molecule has 1 aliphatic heterocycles. The first kappa shape index (κ1) is 22.0. The quantitative estimate of drug-likeness (QED) is 0.563. The number of aromatic nitrogens is 1. The summed E-state index contributed by atoms with van der Waals surface area (Å²) in [5.74, 6) is 2.29. The second-order valence-electron chi connectivity index (χ2n) is 7.93. The summed E-state index contributed by atoms with van der Waals surface area (Å²) in [6.07, 6.45) is 4.13. The molecule has 2 aromatic carbocycles. The zero-order valence-electron chi connectivity index (χ0n) is 19.0. The monoisotopic (exact) mass is 433 g/mol. The minimum Gasteiger partial charge on any atom is -0.497 e. The summed E-state index contributed by atoms with van der Waals surface area (Å²) in [6, 6.07) is 19.0. The number of benzene rings is 2. The fraction of sp³-hybridized carbons (Fsp3) is 0.346. The van der Waals surface area contributed by atoms with Crippen LogP contribution in [0.15, 0.2) is 60.8 Å². The molecule has 0 aliphatic carbocycles. The molecule has 1 saturated heterocycles. The van der Waals surface area contributed by atoms with E-state index in [9.17, 15) is 0 Å². The molecule has 0 spiro atoms. The highest BCUT2D eigenvalue weighted by atomic mass is 16.5.